The number of rotatable bonds is 4. The minimum Gasteiger partial charge on any atom is -0.409 e. The van der Waals surface area contributed by atoms with Gasteiger partial charge < -0.3 is 16.3 Å². The molecule has 1 aromatic rings. The number of hydrogen-bond acceptors (Lipinski definition) is 4. The molecule has 0 saturated heterocycles. The van der Waals surface area contributed by atoms with Crippen LogP contribution in [0.25, 0.3) is 0 Å². The molecule has 0 radical (unpaired) electrons. The molecular weight excluding hydrogens is 210 g/mol. The van der Waals surface area contributed by atoms with Crippen molar-refractivity contribution >= 4 is 17.2 Å². The summed E-state index contributed by atoms with van der Waals surface area (Å²) < 4.78 is 0. The molecular formula is C10H17N3OS. The van der Waals surface area contributed by atoms with Gasteiger partial charge in [0.2, 0.25) is 0 Å². The first-order valence-electron chi connectivity index (χ1n) is 4.81. The van der Waals surface area contributed by atoms with Crippen molar-refractivity contribution in [2.24, 2.45) is 10.9 Å². The number of hydrogen-bond donors (Lipinski definition) is 3. The molecule has 84 valence electrons. The van der Waals surface area contributed by atoms with Crippen LogP contribution in [0.5, 0.6) is 0 Å². The molecule has 1 aromatic heterocycles. The summed E-state index contributed by atoms with van der Waals surface area (Å²) in [5.41, 5.74) is 6.77. The van der Waals surface area contributed by atoms with E-state index < -0.39 is 0 Å². The number of aryl methyl sites for hydroxylation is 2. The Morgan fingerprint density at radius 1 is 1.67 bits per heavy atom. The van der Waals surface area contributed by atoms with Crippen LogP contribution < -0.4 is 11.1 Å². The molecule has 0 amide bonds. The Morgan fingerprint density at radius 3 is 2.80 bits per heavy atom. The lowest BCUT2D eigenvalue weighted by atomic mass is 10.2. The van der Waals surface area contributed by atoms with E-state index in [-0.39, 0.29) is 11.9 Å². The summed E-state index contributed by atoms with van der Waals surface area (Å²) in [6.07, 6.45) is 0. The highest BCUT2D eigenvalue weighted by molar-refractivity contribution is 7.12. The van der Waals surface area contributed by atoms with Crippen molar-refractivity contribution in [1.29, 1.82) is 0 Å². The normalized spacial score (nSPS) is 14.2. The average Bonchev–Trinajstić information content (AvgIpc) is 2.54. The summed E-state index contributed by atoms with van der Waals surface area (Å²) in [6.45, 7) is 6.82. The first-order valence-corrected chi connectivity index (χ1v) is 5.63. The van der Waals surface area contributed by atoms with E-state index in [1.165, 1.54) is 15.3 Å². The van der Waals surface area contributed by atoms with Gasteiger partial charge in [-0.2, -0.15) is 0 Å². The van der Waals surface area contributed by atoms with Crippen LogP contribution >= 0.6 is 11.3 Å². The van der Waals surface area contributed by atoms with Crippen LogP contribution in [0.15, 0.2) is 11.2 Å². The van der Waals surface area contributed by atoms with E-state index in [1.54, 1.807) is 11.3 Å². The maximum Gasteiger partial charge on any atom is 0.156 e. The van der Waals surface area contributed by atoms with E-state index in [0.29, 0.717) is 0 Å². The molecule has 1 rings (SSSR count). The molecule has 0 aromatic carbocycles. The lowest BCUT2D eigenvalue weighted by Gasteiger charge is -2.10. The number of thiophene rings is 1. The molecule has 0 aliphatic rings. The van der Waals surface area contributed by atoms with Crippen molar-refractivity contribution in [2.45, 2.75) is 33.4 Å². The van der Waals surface area contributed by atoms with Gasteiger partial charge in [0.05, 0.1) is 6.04 Å². The maximum absolute atomic E-state index is 8.48. The number of nitrogens with two attached hydrogens (primary N) is 1. The van der Waals surface area contributed by atoms with Gasteiger partial charge in [-0.25, -0.2) is 0 Å². The topological polar surface area (TPSA) is 70.6 Å². The van der Waals surface area contributed by atoms with E-state index >= 15 is 0 Å². The van der Waals surface area contributed by atoms with Crippen molar-refractivity contribution in [1.82, 2.24) is 5.32 Å². The molecule has 0 aliphatic heterocycles. The van der Waals surface area contributed by atoms with Crippen LogP contribution in [0, 0.1) is 13.8 Å². The van der Waals surface area contributed by atoms with E-state index in [1.807, 2.05) is 6.92 Å². The number of amidine groups is 1. The Kier molecular flexibility index (Phi) is 4.11. The first kappa shape index (κ1) is 12.0. The van der Waals surface area contributed by atoms with Crippen molar-refractivity contribution in [3.05, 3.63) is 21.4 Å². The van der Waals surface area contributed by atoms with Gasteiger partial charge in [-0.15, -0.1) is 11.3 Å². The van der Waals surface area contributed by atoms with E-state index in [2.05, 4.69) is 30.4 Å². The predicted octanol–water partition coefficient (Wildman–Crippen LogP) is 1.59. The van der Waals surface area contributed by atoms with Crippen LogP contribution in [-0.2, 0) is 6.54 Å². The smallest absolute Gasteiger partial charge is 0.156 e. The molecule has 0 saturated carbocycles. The van der Waals surface area contributed by atoms with Gasteiger partial charge in [0.1, 0.15) is 0 Å². The van der Waals surface area contributed by atoms with Gasteiger partial charge >= 0.3 is 0 Å². The first-order chi connectivity index (χ1) is 7.04. The summed E-state index contributed by atoms with van der Waals surface area (Å²) in [5.74, 6) is 0.208. The number of nitrogens with zero attached hydrogens (tertiary/aromatic N) is 1. The monoisotopic (exact) mass is 227 g/mol. The van der Waals surface area contributed by atoms with Crippen LogP contribution in [0.2, 0.25) is 0 Å². The molecule has 1 heterocycles. The minimum absolute atomic E-state index is 0.113. The third-order valence-electron chi connectivity index (χ3n) is 2.36. The molecule has 4 nitrogen and oxygen atoms in total. The Morgan fingerprint density at radius 2 is 2.33 bits per heavy atom. The third kappa shape index (κ3) is 3.21. The minimum atomic E-state index is -0.113. The zero-order valence-electron chi connectivity index (χ0n) is 9.24. The zero-order chi connectivity index (χ0) is 11.4. The Balaban J connectivity index is 2.50. The standard InChI is InChI=1S/C10H17N3OS/c1-6-4-9(15-8(6)3)5-12-7(2)10(11)13-14/h4,7,12,14H,5H2,1-3H3,(H2,11,13). The van der Waals surface area contributed by atoms with Gasteiger partial charge in [-0.3, -0.25) is 0 Å². The van der Waals surface area contributed by atoms with Crippen LogP contribution in [-0.4, -0.2) is 17.1 Å². The second kappa shape index (κ2) is 5.14. The molecule has 5 heteroatoms. The van der Waals surface area contributed by atoms with E-state index in [4.69, 9.17) is 10.9 Å². The van der Waals surface area contributed by atoms with Crippen LogP contribution in [0.3, 0.4) is 0 Å². The summed E-state index contributed by atoms with van der Waals surface area (Å²) in [4.78, 5) is 2.60. The summed E-state index contributed by atoms with van der Waals surface area (Å²) >= 11 is 1.77. The van der Waals surface area contributed by atoms with Gasteiger partial charge in [0.15, 0.2) is 5.84 Å². The summed E-state index contributed by atoms with van der Waals surface area (Å²) in [5, 5.41) is 14.6. The van der Waals surface area contributed by atoms with Gasteiger partial charge in [-0.1, -0.05) is 5.16 Å². The molecule has 1 unspecified atom stereocenters. The average molecular weight is 227 g/mol. The fourth-order valence-corrected chi connectivity index (χ4v) is 2.19. The summed E-state index contributed by atoms with van der Waals surface area (Å²) in [6, 6.07) is 2.05. The second-order valence-electron chi connectivity index (χ2n) is 3.58. The van der Waals surface area contributed by atoms with Gasteiger partial charge in [-0.05, 0) is 32.4 Å². The molecule has 15 heavy (non-hydrogen) atoms. The molecule has 0 fully saturated rings. The predicted molar refractivity (Wildman–Crippen MR) is 63.5 cm³/mol. The molecule has 1 atom stereocenters. The Hall–Kier alpha value is -1.07. The highest BCUT2D eigenvalue weighted by atomic mass is 32.1. The lowest BCUT2D eigenvalue weighted by molar-refractivity contribution is 0.315. The SMILES string of the molecule is Cc1cc(CNC(C)C(N)=NO)sc1C. The fourth-order valence-electron chi connectivity index (χ4n) is 1.18. The van der Waals surface area contributed by atoms with E-state index in [0.717, 1.165) is 6.54 Å². The van der Waals surface area contributed by atoms with Crippen LogP contribution in [0.1, 0.15) is 22.2 Å². The largest absolute Gasteiger partial charge is 0.409 e. The fraction of sp³-hybridized carbons (Fsp3) is 0.500. The molecule has 4 N–H and O–H groups in total. The maximum atomic E-state index is 8.48. The van der Waals surface area contributed by atoms with Crippen molar-refractivity contribution in [2.75, 3.05) is 0 Å². The van der Waals surface area contributed by atoms with Crippen LogP contribution in [0.4, 0.5) is 0 Å². The quantitative estimate of drug-likeness (QED) is 0.316. The second-order valence-corrected chi connectivity index (χ2v) is 4.92. The van der Waals surface area contributed by atoms with Crippen molar-refractivity contribution in [3.63, 3.8) is 0 Å². The lowest BCUT2D eigenvalue weighted by Crippen LogP contribution is -2.38. The zero-order valence-corrected chi connectivity index (χ0v) is 10.1. The van der Waals surface area contributed by atoms with E-state index in [9.17, 15) is 0 Å². The molecule has 0 spiro atoms. The van der Waals surface area contributed by atoms with Gasteiger partial charge in [0, 0.05) is 16.3 Å². The molecule has 0 aliphatic carbocycles. The number of oxime groups is 1. The summed E-state index contributed by atoms with van der Waals surface area (Å²) in [7, 11) is 0. The Bertz CT molecular complexity index is 340. The number of nitrogens with one attached hydrogen (secondary N) is 1. The van der Waals surface area contributed by atoms with Gasteiger partial charge in [0.25, 0.3) is 0 Å². The molecule has 0 bridgehead atoms. The Labute approximate surface area is 93.8 Å². The van der Waals surface area contributed by atoms with Crippen molar-refractivity contribution < 1.29 is 5.21 Å². The highest BCUT2D eigenvalue weighted by Gasteiger charge is 2.07. The third-order valence-corrected chi connectivity index (χ3v) is 3.51. The highest BCUT2D eigenvalue weighted by Crippen LogP contribution is 2.20. The van der Waals surface area contributed by atoms with Crippen molar-refractivity contribution in [3.8, 4) is 0 Å².